The minimum Gasteiger partial charge on any atom is -0.496 e. The Hall–Kier alpha value is -2.83. The number of nitrogens with one attached hydrogen (secondary N) is 1. The predicted octanol–water partition coefficient (Wildman–Crippen LogP) is 2.23. The van der Waals surface area contributed by atoms with Crippen LogP contribution in [0, 0.1) is 5.92 Å². The third-order valence-corrected chi connectivity index (χ3v) is 4.17. The summed E-state index contributed by atoms with van der Waals surface area (Å²) in [6.07, 6.45) is 1.92. The monoisotopic (exact) mass is 359 g/mol. The third kappa shape index (κ3) is 4.62. The van der Waals surface area contributed by atoms with E-state index >= 15 is 0 Å². The van der Waals surface area contributed by atoms with Crippen LogP contribution in [0.4, 0.5) is 0 Å². The summed E-state index contributed by atoms with van der Waals surface area (Å²) in [5, 5.41) is 16.6. The fraction of sp³-hybridized carbons (Fsp3) is 0.421. The van der Waals surface area contributed by atoms with Crippen molar-refractivity contribution in [2.75, 3.05) is 13.7 Å². The molecular formula is C19H25N3O4. The second-order valence-electron chi connectivity index (χ2n) is 6.52. The number of methoxy groups -OCH3 is 1. The van der Waals surface area contributed by atoms with Crippen LogP contribution >= 0.6 is 0 Å². The smallest absolute Gasteiger partial charge is 0.308 e. The number of amides is 1. The Morgan fingerprint density at radius 3 is 2.62 bits per heavy atom. The first kappa shape index (κ1) is 19.5. The molecule has 0 radical (unpaired) electrons. The quantitative estimate of drug-likeness (QED) is 0.754. The molecule has 1 unspecified atom stereocenters. The van der Waals surface area contributed by atoms with E-state index in [1.54, 1.807) is 31.1 Å². The number of carbonyl (C=O) groups excluding carboxylic acids is 1. The number of ether oxygens (including phenoxy) is 1. The second kappa shape index (κ2) is 8.51. The maximum Gasteiger partial charge on any atom is 0.308 e. The van der Waals surface area contributed by atoms with Crippen LogP contribution < -0.4 is 10.1 Å². The lowest BCUT2D eigenvalue weighted by Gasteiger charge is -2.15. The molecule has 0 saturated carbocycles. The minimum atomic E-state index is -0.966. The Bertz CT molecular complexity index is 783. The summed E-state index contributed by atoms with van der Waals surface area (Å²) in [6, 6.07) is 7.28. The topological polar surface area (TPSA) is 93.5 Å². The van der Waals surface area contributed by atoms with Gasteiger partial charge in [0.1, 0.15) is 5.75 Å². The van der Waals surface area contributed by atoms with E-state index in [4.69, 9.17) is 4.74 Å². The van der Waals surface area contributed by atoms with Crippen LogP contribution in [0.2, 0.25) is 0 Å². The second-order valence-corrected chi connectivity index (χ2v) is 6.52. The van der Waals surface area contributed by atoms with E-state index in [0.717, 1.165) is 5.56 Å². The Labute approximate surface area is 153 Å². The number of carboxylic acids is 1. The van der Waals surface area contributed by atoms with E-state index in [1.807, 2.05) is 32.0 Å². The highest BCUT2D eigenvalue weighted by Crippen LogP contribution is 2.21. The van der Waals surface area contributed by atoms with Gasteiger partial charge in [0.2, 0.25) is 0 Å². The maximum atomic E-state index is 12.5. The van der Waals surface area contributed by atoms with Crippen LogP contribution in [0.5, 0.6) is 5.75 Å². The van der Waals surface area contributed by atoms with E-state index in [1.165, 1.54) is 0 Å². The molecule has 7 heteroatoms. The highest BCUT2D eigenvalue weighted by Gasteiger charge is 2.23. The Balaban J connectivity index is 2.09. The van der Waals surface area contributed by atoms with Gasteiger partial charge in [0.15, 0.2) is 0 Å². The molecule has 0 spiro atoms. The zero-order chi connectivity index (χ0) is 19.3. The molecule has 1 aromatic heterocycles. The van der Waals surface area contributed by atoms with Crippen LogP contribution in [0.25, 0.3) is 0 Å². The molecule has 0 aliphatic heterocycles. The summed E-state index contributed by atoms with van der Waals surface area (Å²) >= 11 is 0. The van der Waals surface area contributed by atoms with E-state index in [0.29, 0.717) is 17.0 Å². The molecule has 2 N–H and O–H groups in total. The van der Waals surface area contributed by atoms with Crippen LogP contribution in [0.15, 0.2) is 30.5 Å². The fourth-order valence-electron chi connectivity index (χ4n) is 2.80. The van der Waals surface area contributed by atoms with Crippen molar-refractivity contribution < 1.29 is 19.4 Å². The van der Waals surface area contributed by atoms with Crippen molar-refractivity contribution in [2.45, 2.75) is 26.2 Å². The van der Waals surface area contributed by atoms with Gasteiger partial charge in [-0.3, -0.25) is 14.3 Å². The summed E-state index contributed by atoms with van der Waals surface area (Å²) in [6.45, 7) is 3.94. The van der Waals surface area contributed by atoms with Gasteiger partial charge >= 0.3 is 5.97 Å². The number of carboxylic acid groups (broad SMARTS) is 1. The standard InChI is InChI=1S/C19H25N3O4/c1-12(2)17-15(11-22(3)21-17)18(23)20-10-14(19(24)25)9-13-7-5-6-8-16(13)26-4/h5-8,11-12,14H,9-10H2,1-4H3,(H,20,23)(H,24,25). The Morgan fingerprint density at radius 2 is 2.00 bits per heavy atom. The van der Waals surface area contributed by atoms with Gasteiger partial charge in [-0.05, 0) is 24.0 Å². The first-order valence-electron chi connectivity index (χ1n) is 8.49. The lowest BCUT2D eigenvalue weighted by molar-refractivity contribution is -0.141. The molecule has 0 aliphatic rings. The lowest BCUT2D eigenvalue weighted by atomic mass is 9.98. The first-order chi connectivity index (χ1) is 12.3. The maximum absolute atomic E-state index is 12.5. The molecule has 1 amide bonds. The van der Waals surface area contributed by atoms with Crippen LogP contribution in [0.3, 0.4) is 0 Å². The molecule has 1 heterocycles. The molecule has 0 aliphatic carbocycles. The molecule has 0 bridgehead atoms. The van der Waals surface area contributed by atoms with Crippen molar-refractivity contribution in [1.82, 2.24) is 15.1 Å². The number of hydrogen-bond donors (Lipinski definition) is 2. The number of rotatable bonds is 8. The van der Waals surface area contributed by atoms with Gasteiger partial charge in [-0.2, -0.15) is 5.10 Å². The highest BCUT2D eigenvalue weighted by atomic mass is 16.5. The van der Waals surface area contributed by atoms with Gasteiger partial charge in [0.25, 0.3) is 5.91 Å². The number of nitrogens with zero attached hydrogens (tertiary/aromatic N) is 2. The van der Waals surface area contributed by atoms with Crippen molar-refractivity contribution in [3.63, 3.8) is 0 Å². The molecule has 1 aromatic carbocycles. The number of aromatic nitrogens is 2. The molecular weight excluding hydrogens is 334 g/mol. The molecule has 0 fully saturated rings. The zero-order valence-corrected chi connectivity index (χ0v) is 15.5. The number of aliphatic carboxylic acids is 1. The van der Waals surface area contributed by atoms with Crippen LogP contribution in [0.1, 0.15) is 41.4 Å². The van der Waals surface area contributed by atoms with Crippen LogP contribution in [-0.4, -0.2) is 40.4 Å². The van der Waals surface area contributed by atoms with Gasteiger partial charge in [-0.25, -0.2) is 0 Å². The van der Waals surface area contributed by atoms with Crippen molar-refractivity contribution >= 4 is 11.9 Å². The average molecular weight is 359 g/mol. The summed E-state index contributed by atoms with van der Waals surface area (Å²) in [7, 11) is 3.30. The summed E-state index contributed by atoms with van der Waals surface area (Å²) < 4.78 is 6.87. The number of benzene rings is 1. The van der Waals surface area contributed by atoms with Gasteiger partial charge < -0.3 is 15.2 Å². The van der Waals surface area contributed by atoms with Gasteiger partial charge in [-0.1, -0.05) is 32.0 Å². The molecule has 0 saturated heterocycles. The summed E-state index contributed by atoms with van der Waals surface area (Å²) in [4.78, 5) is 24.1. The van der Waals surface area contributed by atoms with Gasteiger partial charge in [0.05, 0.1) is 24.3 Å². The predicted molar refractivity (Wildman–Crippen MR) is 97.5 cm³/mol. The largest absolute Gasteiger partial charge is 0.496 e. The Kier molecular flexibility index (Phi) is 6.38. The zero-order valence-electron chi connectivity index (χ0n) is 15.5. The van der Waals surface area contributed by atoms with E-state index in [9.17, 15) is 14.7 Å². The lowest BCUT2D eigenvalue weighted by Crippen LogP contribution is -2.34. The third-order valence-electron chi connectivity index (χ3n) is 4.17. The number of carbonyl (C=O) groups is 2. The van der Waals surface area contributed by atoms with Gasteiger partial charge in [0, 0.05) is 19.8 Å². The number of para-hydroxylation sites is 1. The SMILES string of the molecule is COc1ccccc1CC(CNC(=O)c1cn(C)nc1C(C)C)C(=O)O. The average Bonchev–Trinajstić information content (AvgIpc) is 3.00. The van der Waals surface area contributed by atoms with E-state index in [2.05, 4.69) is 10.4 Å². The summed E-state index contributed by atoms with van der Waals surface area (Å²) in [5.41, 5.74) is 1.96. The van der Waals surface area contributed by atoms with Gasteiger partial charge in [-0.15, -0.1) is 0 Å². The van der Waals surface area contributed by atoms with Crippen molar-refractivity contribution in [2.24, 2.45) is 13.0 Å². The van der Waals surface area contributed by atoms with Crippen molar-refractivity contribution in [1.29, 1.82) is 0 Å². The number of hydrogen-bond acceptors (Lipinski definition) is 4. The first-order valence-corrected chi connectivity index (χ1v) is 8.49. The van der Waals surface area contributed by atoms with E-state index in [-0.39, 0.29) is 24.8 Å². The molecule has 2 rings (SSSR count). The molecule has 7 nitrogen and oxygen atoms in total. The molecule has 26 heavy (non-hydrogen) atoms. The van der Waals surface area contributed by atoms with Crippen LogP contribution in [-0.2, 0) is 18.3 Å². The molecule has 140 valence electrons. The van der Waals surface area contributed by atoms with E-state index < -0.39 is 11.9 Å². The minimum absolute atomic E-state index is 0.0264. The Morgan fingerprint density at radius 1 is 1.31 bits per heavy atom. The fourth-order valence-corrected chi connectivity index (χ4v) is 2.80. The molecule has 1 atom stereocenters. The summed E-state index contributed by atoms with van der Waals surface area (Å²) in [5.74, 6) is -1.30. The highest BCUT2D eigenvalue weighted by molar-refractivity contribution is 5.95. The normalized spacial score (nSPS) is 12.0. The van der Waals surface area contributed by atoms with Crippen molar-refractivity contribution in [3.8, 4) is 5.75 Å². The molecule has 2 aromatic rings. The van der Waals surface area contributed by atoms with Crippen molar-refractivity contribution in [3.05, 3.63) is 47.3 Å². The number of aryl methyl sites for hydroxylation is 1.